The summed E-state index contributed by atoms with van der Waals surface area (Å²) in [7, 11) is -3.62. The van der Waals surface area contributed by atoms with Crippen molar-refractivity contribution in [3.05, 3.63) is 35.4 Å². The fourth-order valence-electron chi connectivity index (χ4n) is 1.13. The number of benzene rings is 1. The average molecular weight is 256 g/mol. The van der Waals surface area contributed by atoms with Crippen LogP contribution in [0.2, 0.25) is 0 Å². The summed E-state index contributed by atoms with van der Waals surface area (Å²) in [5.74, 6) is -0.554. The highest BCUT2D eigenvalue weighted by atomic mass is 32.2. The third-order valence-electron chi connectivity index (χ3n) is 2.02. The lowest BCUT2D eigenvalue weighted by Gasteiger charge is -2.02. The highest BCUT2D eigenvalue weighted by Gasteiger charge is 2.10. The van der Waals surface area contributed by atoms with E-state index in [0.29, 0.717) is 11.1 Å². The zero-order valence-electron chi connectivity index (χ0n) is 9.47. The molecule has 0 bridgehead atoms. The Kier molecular flexibility index (Phi) is 4.14. The van der Waals surface area contributed by atoms with Gasteiger partial charge in [0.1, 0.15) is 6.61 Å². The summed E-state index contributed by atoms with van der Waals surface area (Å²) in [5.41, 5.74) is 0.796. The van der Waals surface area contributed by atoms with Crippen LogP contribution in [-0.2, 0) is 14.3 Å². The Morgan fingerprint density at radius 2 is 1.59 bits per heavy atom. The molecule has 0 aliphatic rings. The van der Waals surface area contributed by atoms with Gasteiger partial charge in [-0.1, -0.05) is 24.3 Å². The van der Waals surface area contributed by atoms with Crippen LogP contribution in [0, 0.1) is 0 Å². The van der Waals surface area contributed by atoms with Crippen LogP contribution in [0.1, 0.15) is 27.6 Å². The largest absolute Gasteiger partial charge is 0.295 e. The summed E-state index contributed by atoms with van der Waals surface area (Å²) in [6.45, 7) is 0.891. The molecule has 0 spiro atoms. The normalized spacial score (nSPS) is 11.2. The van der Waals surface area contributed by atoms with Gasteiger partial charge >= 0.3 is 0 Å². The molecule has 0 aliphatic heterocycles. The second-order valence-electron chi connectivity index (χ2n) is 3.52. The van der Waals surface area contributed by atoms with Crippen molar-refractivity contribution in [3.63, 3.8) is 0 Å². The van der Waals surface area contributed by atoms with Crippen LogP contribution in [0.3, 0.4) is 0 Å². The molecule has 0 aliphatic carbocycles. The highest BCUT2D eigenvalue weighted by Crippen LogP contribution is 2.06. The molecule has 92 valence electrons. The maximum atomic E-state index is 11.5. The van der Waals surface area contributed by atoms with E-state index in [0.717, 1.165) is 6.26 Å². The molecular formula is C11H12O5S. The van der Waals surface area contributed by atoms with E-state index in [1.807, 2.05) is 0 Å². The lowest BCUT2D eigenvalue weighted by Crippen LogP contribution is -2.13. The highest BCUT2D eigenvalue weighted by molar-refractivity contribution is 7.86. The van der Waals surface area contributed by atoms with E-state index < -0.39 is 22.5 Å². The van der Waals surface area contributed by atoms with Crippen LogP contribution < -0.4 is 0 Å². The van der Waals surface area contributed by atoms with Crippen LogP contribution in [0.4, 0.5) is 0 Å². The minimum absolute atomic E-state index is 0.101. The van der Waals surface area contributed by atoms with Gasteiger partial charge in [-0.05, 0) is 6.92 Å². The number of hydrogen-bond acceptors (Lipinski definition) is 5. The maximum Gasteiger partial charge on any atom is 0.264 e. The summed E-state index contributed by atoms with van der Waals surface area (Å²) in [5, 5.41) is 0. The molecule has 0 aromatic heterocycles. The molecule has 0 N–H and O–H groups in total. The first-order valence-corrected chi connectivity index (χ1v) is 6.60. The Morgan fingerprint density at radius 1 is 1.12 bits per heavy atom. The lowest BCUT2D eigenvalue weighted by atomic mass is 10.1. The summed E-state index contributed by atoms with van der Waals surface area (Å²) in [6.07, 6.45) is 0.874. The number of Topliss-reactive ketones (excluding diaryl/α,β-unsaturated/α-hetero) is 2. The molecule has 0 fully saturated rings. The number of ketones is 2. The molecule has 17 heavy (non-hydrogen) atoms. The second-order valence-corrected chi connectivity index (χ2v) is 5.17. The molecule has 1 aromatic carbocycles. The van der Waals surface area contributed by atoms with E-state index in [1.165, 1.54) is 31.2 Å². The summed E-state index contributed by atoms with van der Waals surface area (Å²) in [6, 6.07) is 5.95. The van der Waals surface area contributed by atoms with E-state index in [-0.39, 0.29) is 5.78 Å². The van der Waals surface area contributed by atoms with Crippen molar-refractivity contribution in [2.24, 2.45) is 0 Å². The Bertz CT molecular complexity index is 527. The molecule has 0 amide bonds. The molecular weight excluding hydrogens is 244 g/mol. The molecule has 0 atom stereocenters. The zero-order chi connectivity index (χ0) is 13.1. The van der Waals surface area contributed by atoms with Gasteiger partial charge in [0.25, 0.3) is 10.1 Å². The van der Waals surface area contributed by atoms with Gasteiger partial charge in [0.15, 0.2) is 11.6 Å². The first-order chi connectivity index (χ1) is 7.79. The van der Waals surface area contributed by atoms with Crippen LogP contribution in [0.25, 0.3) is 0 Å². The average Bonchev–Trinajstić information content (AvgIpc) is 2.25. The topological polar surface area (TPSA) is 77.5 Å². The standard InChI is InChI=1S/C11H12O5S/c1-8(12)9-3-5-10(6-4-9)11(13)7-16-17(2,14)15/h3-6H,7H2,1-2H3. The Hall–Kier alpha value is -1.53. The SMILES string of the molecule is CC(=O)c1ccc(C(=O)COS(C)(=O)=O)cc1. The minimum Gasteiger partial charge on any atom is -0.295 e. The fourth-order valence-corrected chi connectivity index (χ4v) is 1.46. The summed E-state index contributed by atoms with van der Waals surface area (Å²) >= 11 is 0. The van der Waals surface area contributed by atoms with Crippen molar-refractivity contribution in [2.75, 3.05) is 12.9 Å². The zero-order valence-corrected chi connectivity index (χ0v) is 10.3. The smallest absolute Gasteiger partial charge is 0.264 e. The minimum atomic E-state index is -3.62. The lowest BCUT2D eigenvalue weighted by molar-refractivity contribution is 0.0924. The Labute approximate surface area is 99.5 Å². The van der Waals surface area contributed by atoms with Gasteiger partial charge < -0.3 is 0 Å². The molecule has 5 nitrogen and oxygen atoms in total. The predicted octanol–water partition coefficient (Wildman–Crippen LogP) is 1.05. The molecule has 0 unspecified atom stereocenters. The predicted molar refractivity (Wildman–Crippen MR) is 61.6 cm³/mol. The van der Waals surface area contributed by atoms with Crippen molar-refractivity contribution >= 4 is 21.7 Å². The van der Waals surface area contributed by atoms with Gasteiger partial charge in [-0.25, -0.2) is 0 Å². The Balaban J connectivity index is 2.74. The molecule has 0 heterocycles. The van der Waals surface area contributed by atoms with E-state index >= 15 is 0 Å². The van der Waals surface area contributed by atoms with Gasteiger partial charge in [0.05, 0.1) is 6.26 Å². The van der Waals surface area contributed by atoms with Crippen LogP contribution in [0.5, 0.6) is 0 Å². The maximum absolute atomic E-state index is 11.5. The van der Waals surface area contributed by atoms with Crippen LogP contribution in [-0.4, -0.2) is 32.8 Å². The Morgan fingerprint density at radius 3 is 2.00 bits per heavy atom. The van der Waals surface area contributed by atoms with Crippen molar-refractivity contribution in [3.8, 4) is 0 Å². The second kappa shape index (κ2) is 5.20. The van der Waals surface area contributed by atoms with Gasteiger partial charge in [-0.3, -0.25) is 13.8 Å². The molecule has 0 radical (unpaired) electrons. The first kappa shape index (κ1) is 13.5. The van der Waals surface area contributed by atoms with Crippen molar-refractivity contribution < 1.29 is 22.2 Å². The van der Waals surface area contributed by atoms with E-state index in [4.69, 9.17) is 0 Å². The van der Waals surface area contributed by atoms with Gasteiger partial charge in [-0.2, -0.15) is 8.42 Å². The van der Waals surface area contributed by atoms with Crippen molar-refractivity contribution in [1.29, 1.82) is 0 Å². The number of carbonyl (C=O) groups is 2. The molecule has 0 saturated heterocycles. The van der Waals surface area contributed by atoms with Gasteiger partial charge in [0, 0.05) is 11.1 Å². The quantitative estimate of drug-likeness (QED) is 0.581. The van der Waals surface area contributed by atoms with Gasteiger partial charge in [0.2, 0.25) is 0 Å². The van der Waals surface area contributed by atoms with E-state index in [2.05, 4.69) is 4.18 Å². The number of rotatable bonds is 5. The number of carbonyl (C=O) groups excluding carboxylic acids is 2. The molecule has 1 rings (SSSR count). The molecule has 1 aromatic rings. The van der Waals surface area contributed by atoms with Crippen molar-refractivity contribution in [1.82, 2.24) is 0 Å². The molecule has 6 heteroatoms. The van der Waals surface area contributed by atoms with Crippen LogP contribution in [0.15, 0.2) is 24.3 Å². The van der Waals surface area contributed by atoms with E-state index in [1.54, 1.807) is 0 Å². The third kappa shape index (κ3) is 4.46. The van der Waals surface area contributed by atoms with Crippen LogP contribution >= 0.6 is 0 Å². The van der Waals surface area contributed by atoms with Crippen molar-refractivity contribution in [2.45, 2.75) is 6.92 Å². The fraction of sp³-hybridized carbons (Fsp3) is 0.273. The summed E-state index contributed by atoms with van der Waals surface area (Å²) in [4.78, 5) is 22.5. The summed E-state index contributed by atoms with van der Waals surface area (Å²) < 4.78 is 25.8. The van der Waals surface area contributed by atoms with E-state index in [9.17, 15) is 18.0 Å². The monoisotopic (exact) mass is 256 g/mol. The first-order valence-electron chi connectivity index (χ1n) is 4.78. The van der Waals surface area contributed by atoms with Gasteiger partial charge in [-0.15, -0.1) is 0 Å². The number of hydrogen-bond donors (Lipinski definition) is 0. The third-order valence-corrected chi connectivity index (χ3v) is 2.56. The molecule has 0 saturated carbocycles.